The molecule has 0 saturated heterocycles. The van der Waals surface area contributed by atoms with Gasteiger partial charge in [-0.2, -0.15) is 8.75 Å². The summed E-state index contributed by atoms with van der Waals surface area (Å²) in [5.74, 6) is 0. The molecule has 4 aromatic rings. The van der Waals surface area contributed by atoms with Crippen molar-refractivity contribution < 1.29 is 9.90 Å². The highest BCUT2D eigenvalue weighted by Crippen LogP contribution is 2.14. The SMILES string of the molecule is O=CO.O=c1c2[nH]ccc2ncn1Cc1ccc2nsnc2c1. The molecule has 0 fully saturated rings. The van der Waals surface area contributed by atoms with Crippen LogP contribution in [0.25, 0.3) is 22.1 Å². The first-order valence-electron chi connectivity index (χ1n) is 6.54. The summed E-state index contributed by atoms with van der Waals surface area (Å²) in [5.41, 5.74) is 3.88. The molecule has 0 saturated carbocycles. The molecule has 0 bridgehead atoms. The molecule has 0 aliphatic heterocycles. The van der Waals surface area contributed by atoms with Gasteiger partial charge in [-0.15, -0.1) is 0 Å². The highest BCUT2D eigenvalue weighted by Gasteiger charge is 2.06. The minimum absolute atomic E-state index is 0.0727. The molecule has 0 spiro atoms. The van der Waals surface area contributed by atoms with Gasteiger partial charge < -0.3 is 10.1 Å². The third kappa shape index (κ3) is 2.94. The molecule has 3 aromatic heterocycles. The van der Waals surface area contributed by atoms with Gasteiger partial charge >= 0.3 is 0 Å². The number of hydrogen-bond donors (Lipinski definition) is 2. The van der Waals surface area contributed by atoms with Gasteiger partial charge in [-0.1, -0.05) is 6.07 Å². The van der Waals surface area contributed by atoms with Gasteiger partial charge in [-0.05, 0) is 23.8 Å². The molecule has 23 heavy (non-hydrogen) atoms. The van der Waals surface area contributed by atoms with Crippen molar-refractivity contribution >= 4 is 40.3 Å². The maximum atomic E-state index is 12.3. The Morgan fingerprint density at radius 1 is 1.22 bits per heavy atom. The zero-order valence-electron chi connectivity index (χ0n) is 11.7. The molecule has 0 atom stereocenters. The van der Waals surface area contributed by atoms with Crippen LogP contribution in [-0.4, -0.2) is 34.9 Å². The third-order valence-corrected chi connectivity index (χ3v) is 3.76. The Kier molecular flexibility index (Phi) is 4.11. The van der Waals surface area contributed by atoms with E-state index in [0.717, 1.165) is 16.6 Å². The number of benzene rings is 1. The number of nitrogens with zero attached hydrogens (tertiary/aromatic N) is 4. The normalized spacial score (nSPS) is 10.4. The summed E-state index contributed by atoms with van der Waals surface area (Å²) in [6, 6.07) is 7.60. The average molecular weight is 329 g/mol. The molecule has 2 N–H and O–H groups in total. The van der Waals surface area contributed by atoms with Crippen LogP contribution in [0, 0.1) is 0 Å². The van der Waals surface area contributed by atoms with E-state index >= 15 is 0 Å². The fourth-order valence-electron chi connectivity index (χ4n) is 2.20. The van der Waals surface area contributed by atoms with Crippen molar-refractivity contribution in [2.24, 2.45) is 0 Å². The minimum atomic E-state index is -0.250. The maximum Gasteiger partial charge on any atom is 0.290 e. The van der Waals surface area contributed by atoms with Crippen LogP contribution in [0.2, 0.25) is 0 Å². The molecule has 3 heterocycles. The van der Waals surface area contributed by atoms with E-state index < -0.39 is 0 Å². The van der Waals surface area contributed by atoms with Gasteiger partial charge in [-0.25, -0.2) is 4.98 Å². The fourth-order valence-corrected chi connectivity index (χ4v) is 2.72. The zero-order valence-corrected chi connectivity index (χ0v) is 12.5. The van der Waals surface area contributed by atoms with E-state index in [0.29, 0.717) is 17.6 Å². The summed E-state index contributed by atoms with van der Waals surface area (Å²) >= 11 is 1.19. The van der Waals surface area contributed by atoms with Crippen LogP contribution in [0.3, 0.4) is 0 Å². The lowest BCUT2D eigenvalue weighted by molar-refractivity contribution is -0.122. The smallest absolute Gasteiger partial charge is 0.290 e. The number of fused-ring (bicyclic) bond motifs is 2. The summed E-state index contributed by atoms with van der Waals surface area (Å²) in [6.45, 7) is 0.217. The Balaban J connectivity index is 0.000000485. The largest absolute Gasteiger partial charge is 0.483 e. The fraction of sp³-hybridized carbons (Fsp3) is 0.0714. The number of nitrogens with one attached hydrogen (secondary N) is 1. The topological polar surface area (TPSA) is 114 Å². The molecule has 0 amide bonds. The Morgan fingerprint density at radius 2 is 2.00 bits per heavy atom. The van der Waals surface area contributed by atoms with Crippen LogP contribution in [0.1, 0.15) is 5.56 Å². The Bertz CT molecular complexity index is 1020. The summed E-state index contributed by atoms with van der Waals surface area (Å²) in [7, 11) is 0. The molecular formula is C14H11N5O3S. The molecule has 0 unspecified atom stereocenters. The minimum Gasteiger partial charge on any atom is -0.483 e. The lowest BCUT2D eigenvalue weighted by Crippen LogP contribution is -2.21. The molecule has 1 aromatic carbocycles. The van der Waals surface area contributed by atoms with E-state index in [9.17, 15) is 4.79 Å². The van der Waals surface area contributed by atoms with Crippen molar-refractivity contribution in [3.8, 4) is 0 Å². The number of aromatic nitrogens is 5. The van der Waals surface area contributed by atoms with Gasteiger partial charge in [0.25, 0.3) is 12.0 Å². The number of H-pyrrole nitrogens is 1. The molecular weight excluding hydrogens is 318 g/mol. The lowest BCUT2D eigenvalue weighted by atomic mass is 10.2. The van der Waals surface area contributed by atoms with Gasteiger partial charge in [0, 0.05) is 6.20 Å². The third-order valence-electron chi connectivity index (χ3n) is 3.21. The second-order valence-corrected chi connectivity index (χ2v) is 5.14. The van der Waals surface area contributed by atoms with Crippen molar-refractivity contribution in [2.75, 3.05) is 0 Å². The summed E-state index contributed by atoms with van der Waals surface area (Å²) in [6.07, 6.45) is 3.29. The first kappa shape index (κ1) is 14.9. The Hall–Kier alpha value is -3.07. The van der Waals surface area contributed by atoms with Crippen molar-refractivity contribution in [3.05, 3.63) is 52.7 Å². The van der Waals surface area contributed by atoms with Gasteiger partial charge in [-0.3, -0.25) is 14.2 Å². The van der Waals surface area contributed by atoms with Crippen LogP contribution in [-0.2, 0) is 11.3 Å². The van der Waals surface area contributed by atoms with Crippen LogP contribution >= 0.6 is 11.7 Å². The standard InChI is InChI=1S/C13H9N5OS.CH2O2/c19-13-12-10(3-4-14-12)15-7-18(13)6-8-1-2-9-11(5-8)17-20-16-9;2-1-3/h1-5,7,14H,6H2;1H,(H,2,3). The monoisotopic (exact) mass is 329 g/mol. The molecule has 4 rings (SSSR count). The molecule has 0 aliphatic rings. The summed E-state index contributed by atoms with van der Waals surface area (Å²) < 4.78 is 9.95. The molecule has 116 valence electrons. The maximum absolute atomic E-state index is 12.3. The van der Waals surface area contributed by atoms with E-state index in [-0.39, 0.29) is 12.0 Å². The van der Waals surface area contributed by atoms with E-state index in [1.54, 1.807) is 23.2 Å². The first-order valence-corrected chi connectivity index (χ1v) is 7.27. The van der Waals surface area contributed by atoms with Gasteiger partial charge in [0.05, 0.1) is 30.1 Å². The first-order chi connectivity index (χ1) is 11.2. The highest BCUT2D eigenvalue weighted by molar-refractivity contribution is 7.00. The van der Waals surface area contributed by atoms with Crippen LogP contribution in [0.15, 0.2) is 41.6 Å². The van der Waals surface area contributed by atoms with E-state index in [2.05, 4.69) is 18.7 Å². The second-order valence-electron chi connectivity index (χ2n) is 4.61. The summed E-state index contributed by atoms with van der Waals surface area (Å²) in [5, 5.41) is 6.89. The van der Waals surface area contributed by atoms with Crippen molar-refractivity contribution in [3.63, 3.8) is 0 Å². The van der Waals surface area contributed by atoms with Gasteiger partial charge in [0.1, 0.15) is 16.6 Å². The predicted octanol–water partition coefficient (Wildman–Crippen LogP) is 1.48. The van der Waals surface area contributed by atoms with E-state index in [4.69, 9.17) is 9.90 Å². The van der Waals surface area contributed by atoms with Crippen LogP contribution in [0.5, 0.6) is 0 Å². The number of carbonyl (C=O) groups is 1. The number of rotatable bonds is 2. The van der Waals surface area contributed by atoms with E-state index in [1.807, 2.05) is 18.2 Å². The predicted molar refractivity (Wildman–Crippen MR) is 85.6 cm³/mol. The number of hydrogen-bond acceptors (Lipinski definition) is 6. The highest BCUT2D eigenvalue weighted by atomic mass is 32.1. The molecule has 0 radical (unpaired) electrons. The second kappa shape index (κ2) is 6.36. The van der Waals surface area contributed by atoms with Crippen LogP contribution < -0.4 is 5.56 Å². The molecule has 8 nitrogen and oxygen atoms in total. The Morgan fingerprint density at radius 3 is 2.83 bits per heavy atom. The number of carboxylic acid groups (broad SMARTS) is 1. The van der Waals surface area contributed by atoms with Crippen molar-refractivity contribution in [1.29, 1.82) is 0 Å². The lowest BCUT2D eigenvalue weighted by Gasteiger charge is -2.05. The van der Waals surface area contributed by atoms with Gasteiger partial charge in [0.2, 0.25) is 0 Å². The summed E-state index contributed by atoms with van der Waals surface area (Å²) in [4.78, 5) is 27.8. The molecule has 9 heteroatoms. The average Bonchev–Trinajstić information content (AvgIpc) is 3.19. The van der Waals surface area contributed by atoms with Crippen LogP contribution in [0.4, 0.5) is 0 Å². The Labute approximate surface area is 133 Å². The number of aromatic amines is 1. The quantitative estimate of drug-likeness (QED) is 0.538. The zero-order chi connectivity index (χ0) is 16.2. The van der Waals surface area contributed by atoms with Gasteiger partial charge in [0.15, 0.2) is 0 Å². The van der Waals surface area contributed by atoms with Crippen molar-refractivity contribution in [1.82, 2.24) is 23.3 Å². The van der Waals surface area contributed by atoms with E-state index in [1.165, 1.54) is 11.7 Å². The molecule has 0 aliphatic carbocycles. The van der Waals surface area contributed by atoms with Crippen molar-refractivity contribution in [2.45, 2.75) is 6.54 Å².